The monoisotopic (exact) mass is 738 g/mol. The van der Waals surface area contributed by atoms with Crippen LogP contribution < -0.4 is 0 Å². The summed E-state index contributed by atoms with van der Waals surface area (Å²) in [5.74, 6) is 2.39. The number of nitrogens with zero attached hydrogens (tertiary/aromatic N) is 1. The second-order valence-electron chi connectivity index (χ2n) is 21.2. The van der Waals surface area contributed by atoms with Crippen LogP contribution in [0.15, 0.2) is 52.6 Å². The molecular formula is C44H75NO4Si2. The van der Waals surface area contributed by atoms with E-state index in [2.05, 4.69) is 120 Å². The minimum Gasteiger partial charge on any atom is -0.473 e. The van der Waals surface area contributed by atoms with Crippen LogP contribution in [0.3, 0.4) is 0 Å². The first-order valence-corrected chi connectivity index (χ1v) is 26.2. The molecule has 5 nitrogen and oxygen atoms in total. The predicted molar refractivity (Wildman–Crippen MR) is 220 cm³/mol. The van der Waals surface area contributed by atoms with Crippen molar-refractivity contribution in [3.05, 3.63) is 47.6 Å². The van der Waals surface area contributed by atoms with Gasteiger partial charge in [-0.05, 0) is 136 Å². The molecule has 0 radical (unpaired) electrons. The molecule has 0 saturated heterocycles. The van der Waals surface area contributed by atoms with Crippen LogP contribution in [0, 0.1) is 28.6 Å². The average Bonchev–Trinajstić information content (AvgIpc) is 3.61. The first kappa shape index (κ1) is 40.9. The number of fused-ring (bicyclic) bond motifs is 1. The van der Waals surface area contributed by atoms with Gasteiger partial charge in [0, 0.05) is 6.42 Å². The average molecular weight is 738 g/mol. The summed E-state index contributed by atoms with van der Waals surface area (Å²) in [7, 11) is -3.96. The molecule has 0 aromatic rings. The third kappa shape index (κ3) is 8.38. The number of allylic oxidation sites excluding steroid dienone is 4. The Morgan fingerprint density at radius 2 is 1.55 bits per heavy atom. The zero-order valence-corrected chi connectivity index (χ0v) is 37.2. The summed E-state index contributed by atoms with van der Waals surface area (Å²) in [6.07, 6.45) is 18.8. The van der Waals surface area contributed by atoms with Crippen molar-refractivity contribution in [3.8, 4) is 0 Å². The van der Waals surface area contributed by atoms with Crippen molar-refractivity contribution in [2.75, 3.05) is 6.54 Å². The highest BCUT2D eigenvalue weighted by Crippen LogP contribution is 2.60. The molecule has 0 amide bonds. The first-order valence-electron chi connectivity index (χ1n) is 20.4. The van der Waals surface area contributed by atoms with Gasteiger partial charge < -0.3 is 18.7 Å². The van der Waals surface area contributed by atoms with E-state index < -0.39 is 22.7 Å². The molecule has 7 heteroatoms. The highest BCUT2D eigenvalue weighted by molar-refractivity contribution is 6.74. The molecule has 4 saturated carbocycles. The highest BCUT2D eigenvalue weighted by atomic mass is 28.4. The third-order valence-corrected chi connectivity index (χ3v) is 23.8. The van der Waals surface area contributed by atoms with Gasteiger partial charge in [0.2, 0.25) is 0 Å². The predicted octanol–water partition coefficient (Wildman–Crippen LogP) is 11.7. The van der Waals surface area contributed by atoms with Crippen LogP contribution in [0.5, 0.6) is 0 Å². The van der Waals surface area contributed by atoms with Crippen LogP contribution in [-0.4, -0.2) is 58.1 Å². The van der Waals surface area contributed by atoms with Gasteiger partial charge in [-0.15, -0.1) is 0 Å². The van der Waals surface area contributed by atoms with Gasteiger partial charge in [-0.2, -0.15) is 0 Å². The van der Waals surface area contributed by atoms with E-state index in [1.54, 1.807) is 5.57 Å². The summed E-state index contributed by atoms with van der Waals surface area (Å²) in [6.45, 7) is 38.0. The third-order valence-electron chi connectivity index (χ3n) is 14.8. The maximum absolute atomic E-state index is 11.4. The molecule has 5 rings (SSSR count). The van der Waals surface area contributed by atoms with Gasteiger partial charge in [0.05, 0.1) is 30.3 Å². The fourth-order valence-corrected chi connectivity index (χ4v) is 11.8. The SMILES string of the molecule is C=C1C(=CC=C2CCC[C@]3(C)[C@@H]([C@H](C)C=C[C@@H](O)C4(C5=NCC(C)(C)O5)CC4)CC[C@@H]23)C[C@@H](O[Si](C)(C)C(C)(C)C)C[C@@H]1O[Si](C)(C)C(C)(C)C. The molecule has 0 spiro atoms. The Labute approximate surface area is 315 Å². The number of aliphatic hydroxyl groups is 1. The number of ether oxygens (including phenoxy) is 1. The van der Waals surface area contributed by atoms with Crippen LogP contribution >= 0.6 is 0 Å². The molecule has 4 fully saturated rings. The fourth-order valence-electron chi connectivity index (χ4n) is 9.13. The van der Waals surface area contributed by atoms with Crippen LogP contribution in [0.1, 0.15) is 127 Å². The highest BCUT2D eigenvalue weighted by Gasteiger charge is 2.57. The summed E-state index contributed by atoms with van der Waals surface area (Å²) in [6, 6.07) is 0. The maximum atomic E-state index is 11.4. The summed E-state index contributed by atoms with van der Waals surface area (Å²) < 4.78 is 20.4. The van der Waals surface area contributed by atoms with Gasteiger partial charge in [-0.1, -0.05) is 91.8 Å². The zero-order chi connectivity index (χ0) is 38.0. The quantitative estimate of drug-likeness (QED) is 0.179. The van der Waals surface area contributed by atoms with Crippen LogP contribution in [0.2, 0.25) is 36.3 Å². The number of hydrogen-bond acceptors (Lipinski definition) is 5. The van der Waals surface area contributed by atoms with Crippen molar-refractivity contribution in [3.63, 3.8) is 0 Å². The number of aliphatic hydroxyl groups excluding tert-OH is 1. The zero-order valence-electron chi connectivity index (χ0n) is 35.2. The minimum atomic E-state index is -2.00. The van der Waals surface area contributed by atoms with E-state index in [0.29, 0.717) is 24.3 Å². The standard InChI is InChI=1S/C44H75NO4Si2/c1-30(18-23-38(46)44(25-26-44)39-45-29-42(9,10)47-39)35-21-22-36-32(17-16-24-43(35,36)11)19-20-33-27-34(48-50(12,13)40(3,4)5)28-37(31(33)2)49-51(14,15)41(6,7)8/h18-20,23,30,34-38,46H,2,16-17,21-22,24-29H2,1,3-15H3/t30-,34-,35-,36+,37+,38-,43-/m1/s1. The molecule has 0 aromatic carbocycles. The molecule has 1 aliphatic heterocycles. The van der Waals surface area contributed by atoms with Crippen molar-refractivity contribution >= 4 is 22.5 Å². The van der Waals surface area contributed by atoms with E-state index in [0.717, 1.165) is 37.2 Å². The maximum Gasteiger partial charge on any atom is 0.193 e. The number of rotatable bonds is 10. The van der Waals surface area contributed by atoms with Crippen molar-refractivity contribution in [1.82, 2.24) is 0 Å². The topological polar surface area (TPSA) is 60.3 Å². The Balaban J connectivity index is 1.33. The van der Waals surface area contributed by atoms with E-state index in [4.69, 9.17) is 25.2 Å². The molecule has 0 unspecified atom stereocenters. The summed E-state index contributed by atoms with van der Waals surface area (Å²) in [4.78, 5) is 4.71. The molecule has 5 aliphatic rings. The van der Waals surface area contributed by atoms with Gasteiger partial charge >= 0.3 is 0 Å². The second-order valence-corrected chi connectivity index (χ2v) is 30.7. The van der Waals surface area contributed by atoms with E-state index in [9.17, 15) is 5.11 Å². The van der Waals surface area contributed by atoms with E-state index in [-0.39, 0.29) is 38.7 Å². The van der Waals surface area contributed by atoms with Gasteiger partial charge in [0.1, 0.15) is 5.60 Å². The Bertz CT molecular complexity index is 1440. The van der Waals surface area contributed by atoms with Crippen LogP contribution in [0.4, 0.5) is 0 Å². The fraction of sp³-hybridized carbons (Fsp3) is 0.795. The molecule has 7 atom stereocenters. The smallest absolute Gasteiger partial charge is 0.193 e. The second kappa shape index (κ2) is 14.1. The lowest BCUT2D eigenvalue weighted by Gasteiger charge is -2.45. The lowest BCUT2D eigenvalue weighted by molar-refractivity contribution is 0.0957. The van der Waals surface area contributed by atoms with Gasteiger partial charge in [-0.25, -0.2) is 0 Å². The molecular weight excluding hydrogens is 663 g/mol. The van der Waals surface area contributed by atoms with Gasteiger partial charge in [0.25, 0.3) is 0 Å². The molecule has 1 heterocycles. The number of aliphatic imine (C=N–C) groups is 1. The normalized spacial score (nSPS) is 34.1. The summed E-state index contributed by atoms with van der Waals surface area (Å²) in [5.41, 5.74) is 3.80. The van der Waals surface area contributed by atoms with Crippen LogP contribution in [0.25, 0.3) is 0 Å². The van der Waals surface area contributed by atoms with E-state index in [1.165, 1.54) is 37.7 Å². The van der Waals surface area contributed by atoms with Crippen LogP contribution in [-0.2, 0) is 13.6 Å². The van der Waals surface area contributed by atoms with Crippen molar-refractivity contribution in [1.29, 1.82) is 0 Å². The molecule has 0 bridgehead atoms. The Kier molecular flexibility index (Phi) is 11.3. The Morgan fingerprint density at radius 1 is 0.922 bits per heavy atom. The molecule has 4 aliphatic carbocycles. The Hall–Kier alpha value is -1.26. The summed E-state index contributed by atoms with van der Waals surface area (Å²) >= 11 is 0. The van der Waals surface area contributed by atoms with Crippen molar-refractivity contribution < 1.29 is 18.7 Å². The molecule has 1 N–H and O–H groups in total. The van der Waals surface area contributed by atoms with Gasteiger partial charge in [-0.3, -0.25) is 4.99 Å². The lowest BCUT2D eigenvalue weighted by atomic mass is 9.61. The summed E-state index contributed by atoms with van der Waals surface area (Å²) in [5, 5.41) is 11.7. The van der Waals surface area contributed by atoms with Crippen molar-refractivity contribution in [2.45, 2.75) is 187 Å². The van der Waals surface area contributed by atoms with Gasteiger partial charge in [0.15, 0.2) is 22.5 Å². The lowest BCUT2D eigenvalue weighted by Crippen LogP contribution is -2.49. The Morgan fingerprint density at radius 3 is 2.12 bits per heavy atom. The van der Waals surface area contributed by atoms with E-state index >= 15 is 0 Å². The first-order chi connectivity index (χ1) is 23.3. The molecule has 51 heavy (non-hydrogen) atoms. The number of hydrogen-bond donors (Lipinski definition) is 1. The van der Waals surface area contributed by atoms with Crippen molar-refractivity contribution in [2.24, 2.45) is 33.6 Å². The molecule has 0 aromatic heterocycles. The van der Waals surface area contributed by atoms with E-state index in [1.807, 2.05) is 0 Å². The largest absolute Gasteiger partial charge is 0.473 e. The minimum absolute atomic E-state index is 0.00287. The molecule has 288 valence electrons.